The second kappa shape index (κ2) is 9.93. The maximum absolute atomic E-state index is 13.0. The Kier molecular flexibility index (Phi) is 7.27. The Morgan fingerprint density at radius 2 is 1.75 bits per heavy atom. The van der Waals surface area contributed by atoms with E-state index >= 15 is 0 Å². The van der Waals surface area contributed by atoms with E-state index in [0.29, 0.717) is 24.3 Å². The number of ketones is 1. The molecule has 1 heterocycles. The van der Waals surface area contributed by atoms with Gasteiger partial charge in [-0.2, -0.15) is 0 Å². The van der Waals surface area contributed by atoms with Crippen molar-refractivity contribution in [3.05, 3.63) is 58.1 Å². The van der Waals surface area contributed by atoms with Gasteiger partial charge in [-0.15, -0.1) is 0 Å². The summed E-state index contributed by atoms with van der Waals surface area (Å²) in [7, 11) is 4.42. The van der Waals surface area contributed by atoms with Gasteiger partial charge in [-0.1, -0.05) is 17.7 Å². The summed E-state index contributed by atoms with van der Waals surface area (Å²) in [6.07, 6.45) is 0.483. The van der Waals surface area contributed by atoms with Crippen molar-refractivity contribution in [2.45, 2.75) is 12.5 Å². The highest BCUT2D eigenvalue weighted by atomic mass is 35.5. The molecule has 0 spiro atoms. The number of phenolic OH excluding ortho intramolecular Hbond substituents is 1. The zero-order chi connectivity index (χ0) is 23.4. The van der Waals surface area contributed by atoms with E-state index < -0.39 is 17.7 Å². The van der Waals surface area contributed by atoms with Gasteiger partial charge in [-0.25, -0.2) is 0 Å². The van der Waals surface area contributed by atoms with Gasteiger partial charge in [-0.3, -0.25) is 9.59 Å². The lowest BCUT2D eigenvalue weighted by atomic mass is 9.95. The number of ether oxygens (including phenoxy) is 3. The molecular weight excluding hydrogens is 438 g/mol. The van der Waals surface area contributed by atoms with Crippen molar-refractivity contribution in [1.29, 1.82) is 0 Å². The number of rotatable bonds is 8. The van der Waals surface area contributed by atoms with Crippen molar-refractivity contribution in [3.63, 3.8) is 0 Å². The molecule has 0 radical (unpaired) electrons. The summed E-state index contributed by atoms with van der Waals surface area (Å²) in [6, 6.07) is 8.21. The number of nitrogens with zero attached hydrogens (tertiary/aromatic N) is 1. The summed E-state index contributed by atoms with van der Waals surface area (Å²) in [4.78, 5) is 27.2. The smallest absolute Gasteiger partial charge is 0.295 e. The highest BCUT2D eigenvalue weighted by Crippen LogP contribution is 2.42. The van der Waals surface area contributed by atoms with E-state index in [0.717, 1.165) is 0 Å². The van der Waals surface area contributed by atoms with Crippen LogP contribution in [0.15, 0.2) is 42.0 Å². The van der Waals surface area contributed by atoms with Crippen LogP contribution in [0.5, 0.6) is 17.2 Å². The summed E-state index contributed by atoms with van der Waals surface area (Å²) >= 11 is 6.18. The molecule has 170 valence electrons. The zero-order valence-corrected chi connectivity index (χ0v) is 18.7. The van der Waals surface area contributed by atoms with E-state index in [4.69, 9.17) is 25.8 Å². The highest BCUT2D eigenvalue weighted by molar-refractivity contribution is 6.46. The standard InChI is InChI=1S/C23H24ClNO7/c1-30-10-4-9-25-20(13-5-8-18(32-3)16(26)12-13)19(22(28)23(25)29)21(27)14-6-7-17(31-2)15(24)11-14/h5-8,11-12,20,26-27H,4,9-10H2,1-3H3/b21-19-. The monoisotopic (exact) mass is 461 g/mol. The second-order valence-corrected chi connectivity index (χ2v) is 7.53. The fourth-order valence-electron chi connectivity index (χ4n) is 3.68. The molecule has 1 amide bonds. The molecule has 1 aliphatic heterocycles. The number of phenols is 1. The molecule has 1 atom stereocenters. The van der Waals surface area contributed by atoms with Gasteiger partial charge in [0.1, 0.15) is 11.5 Å². The lowest BCUT2D eigenvalue weighted by Crippen LogP contribution is -2.31. The number of halogens is 1. The topological polar surface area (TPSA) is 106 Å². The fourth-order valence-corrected chi connectivity index (χ4v) is 3.94. The number of aliphatic hydroxyl groups is 1. The third-order valence-electron chi connectivity index (χ3n) is 5.23. The predicted molar refractivity (Wildman–Crippen MR) is 118 cm³/mol. The van der Waals surface area contributed by atoms with Crippen LogP contribution >= 0.6 is 11.6 Å². The molecule has 0 bridgehead atoms. The SMILES string of the molecule is COCCCN1C(=O)C(=O)/C(=C(\O)c2ccc(OC)c(Cl)c2)C1c1ccc(OC)c(O)c1. The molecule has 1 aliphatic rings. The molecule has 2 aromatic rings. The number of aliphatic hydroxyl groups excluding tert-OH is 1. The van der Waals surface area contributed by atoms with E-state index in [2.05, 4.69) is 0 Å². The largest absolute Gasteiger partial charge is 0.507 e. The van der Waals surface area contributed by atoms with Gasteiger partial charge in [0.2, 0.25) is 0 Å². The number of amides is 1. The van der Waals surface area contributed by atoms with Crippen molar-refractivity contribution < 1.29 is 34.0 Å². The maximum Gasteiger partial charge on any atom is 0.295 e. The van der Waals surface area contributed by atoms with Crippen molar-refractivity contribution in [3.8, 4) is 17.2 Å². The highest BCUT2D eigenvalue weighted by Gasteiger charge is 2.46. The minimum atomic E-state index is -0.912. The number of methoxy groups -OCH3 is 3. The molecule has 0 aromatic heterocycles. The van der Waals surface area contributed by atoms with E-state index in [9.17, 15) is 19.8 Å². The van der Waals surface area contributed by atoms with Crippen LogP contribution in [0.25, 0.3) is 5.76 Å². The van der Waals surface area contributed by atoms with E-state index in [1.165, 1.54) is 37.3 Å². The maximum atomic E-state index is 13.0. The van der Waals surface area contributed by atoms with Crippen molar-refractivity contribution in [1.82, 2.24) is 4.90 Å². The number of hydrogen-bond donors (Lipinski definition) is 2. The van der Waals surface area contributed by atoms with Gasteiger partial charge >= 0.3 is 0 Å². The van der Waals surface area contributed by atoms with Gasteiger partial charge < -0.3 is 29.3 Å². The Bertz CT molecular complexity index is 1070. The van der Waals surface area contributed by atoms with Gasteiger partial charge in [0.05, 0.1) is 30.9 Å². The predicted octanol–water partition coefficient (Wildman–Crippen LogP) is 3.52. The minimum Gasteiger partial charge on any atom is -0.507 e. The first-order valence-corrected chi connectivity index (χ1v) is 10.2. The van der Waals surface area contributed by atoms with Gasteiger partial charge in [0.15, 0.2) is 11.5 Å². The first kappa shape index (κ1) is 23.4. The number of likely N-dealkylation sites (tertiary alicyclic amines) is 1. The molecule has 8 nitrogen and oxygen atoms in total. The van der Waals surface area contributed by atoms with Crippen molar-refractivity contribution >= 4 is 29.1 Å². The Morgan fingerprint density at radius 1 is 1.06 bits per heavy atom. The zero-order valence-electron chi connectivity index (χ0n) is 17.9. The first-order chi connectivity index (χ1) is 15.3. The van der Waals surface area contributed by atoms with E-state index in [1.54, 1.807) is 25.3 Å². The molecule has 9 heteroatoms. The molecular formula is C23H24ClNO7. The summed E-state index contributed by atoms with van der Waals surface area (Å²) < 4.78 is 15.3. The van der Waals surface area contributed by atoms with Gasteiger partial charge in [-0.05, 0) is 42.3 Å². The molecule has 2 N–H and O–H groups in total. The summed E-state index contributed by atoms with van der Waals surface area (Å²) in [5, 5.41) is 21.6. The number of carbonyl (C=O) groups excluding carboxylic acids is 2. The van der Waals surface area contributed by atoms with Crippen LogP contribution in [0, 0.1) is 0 Å². The fraction of sp³-hybridized carbons (Fsp3) is 0.304. The molecule has 1 unspecified atom stereocenters. The molecule has 0 aliphatic carbocycles. The summed E-state index contributed by atoms with van der Waals surface area (Å²) in [5.41, 5.74) is 0.604. The average Bonchev–Trinajstić information content (AvgIpc) is 3.03. The molecule has 3 rings (SSSR count). The van der Waals surface area contributed by atoms with Crippen LogP contribution in [0.1, 0.15) is 23.6 Å². The van der Waals surface area contributed by atoms with E-state index in [-0.39, 0.29) is 40.0 Å². The second-order valence-electron chi connectivity index (χ2n) is 7.12. The summed E-state index contributed by atoms with van der Waals surface area (Å²) in [6.45, 7) is 0.605. The summed E-state index contributed by atoms with van der Waals surface area (Å²) in [5.74, 6) is -1.45. The normalized spacial score (nSPS) is 17.6. The number of hydrogen-bond acceptors (Lipinski definition) is 7. The van der Waals surface area contributed by atoms with Crippen molar-refractivity contribution in [2.75, 3.05) is 34.5 Å². The number of aromatic hydroxyl groups is 1. The van der Waals surface area contributed by atoms with Crippen LogP contribution in [0.4, 0.5) is 0 Å². The molecule has 1 fully saturated rings. The quantitative estimate of drug-likeness (QED) is 0.268. The van der Waals surface area contributed by atoms with Crippen LogP contribution in [-0.2, 0) is 14.3 Å². The van der Waals surface area contributed by atoms with Crippen LogP contribution in [0.2, 0.25) is 5.02 Å². The third-order valence-corrected chi connectivity index (χ3v) is 5.53. The molecule has 32 heavy (non-hydrogen) atoms. The number of carbonyl (C=O) groups is 2. The Labute approximate surface area is 190 Å². The van der Waals surface area contributed by atoms with E-state index in [1.807, 2.05) is 0 Å². The third kappa shape index (κ3) is 4.37. The lowest BCUT2D eigenvalue weighted by molar-refractivity contribution is -0.140. The van der Waals surface area contributed by atoms with Crippen LogP contribution < -0.4 is 9.47 Å². The Morgan fingerprint density at radius 3 is 2.34 bits per heavy atom. The molecule has 0 saturated carbocycles. The Hall–Kier alpha value is -3.23. The Balaban J connectivity index is 2.15. The lowest BCUT2D eigenvalue weighted by Gasteiger charge is -2.25. The van der Waals surface area contributed by atoms with Gasteiger partial charge in [0, 0.05) is 25.8 Å². The van der Waals surface area contributed by atoms with Crippen molar-refractivity contribution in [2.24, 2.45) is 0 Å². The number of Topliss-reactive ketones (excluding diaryl/α,β-unsaturated/α-hetero) is 1. The average molecular weight is 462 g/mol. The van der Waals surface area contributed by atoms with Crippen LogP contribution in [0.3, 0.4) is 0 Å². The van der Waals surface area contributed by atoms with Crippen LogP contribution in [-0.4, -0.2) is 61.3 Å². The minimum absolute atomic E-state index is 0.0989. The van der Waals surface area contributed by atoms with Gasteiger partial charge in [0.25, 0.3) is 11.7 Å². The first-order valence-electron chi connectivity index (χ1n) is 9.82. The number of benzene rings is 2. The molecule has 1 saturated heterocycles. The molecule has 2 aromatic carbocycles.